The van der Waals surface area contributed by atoms with Crippen molar-refractivity contribution in [2.75, 3.05) is 0 Å². The second-order valence-electron chi connectivity index (χ2n) is 4.51. The molecule has 3 nitrogen and oxygen atoms in total. The van der Waals surface area contributed by atoms with Crippen LogP contribution in [-0.2, 0) is 0 Å². The summed E-state index contributed by atoms with van der Waals surface area (Å²) in [7, 11) is 0. The summed E-state index contributed by atoms with van der Waals surface area (Å²) in [6.45, 7) is 3.31. The molecule has 0 aliphatic heterocycles. The number of furan rings is 1. The zero-order valence-electron chi connectivity index (χ0n) is 11.0. The van der Waals surface area contributed by atoms with E-state index in [1.165, 1.54) is 6.07 Å². The van der Waals surface area contributed by atoms with Crippen molar-refractivity contribution in [1.29, 1.82) is 0 Å². The first kappa shape index (κ1) is 14.1. The molecule has 1 aromatic carbocycles. The minimum Gasteiger partial charge on any atom is -0.466 e. The third kappa shape index (κ3) is 2.99. The standard InChI is InChI=1S/C15H12F2O3/c1-8-3-13(9(2)20-8)15(19)7-14(18)10-4-11(16)6-12(17)5-10/h3-6H,7H2,1-2H3. The van der Waals surface area contributed by atoms with Gasteiger partial charge < -0.3 is 4.42 Å². The van der Waals surface area contributed by atoms with Gasteiger partial charge in [0, 0.05) is 11.6 Å². The number of Topliss-reactive ketones (excluding diaryl/α,β-unsaturated/α-hetero) is 2. The summed E-state index contributed by atoms with van der Waals surface area (Å²) in [5.41, 5.74) is 0.154. The smallest absolute Gasteiger partial charge is 0.174 e. The number of ketones is 2. The Morgan fingerprint density at radius 3 is 2.10 bits per heavy atom. The molecule has 0 spiro atoms. The van der Waals surface area contributed by atoms with Crippen LogP contribution in [0.2, 0.25) is 0 Å². The maximum atomic E-state index is 13.0. The molecular formula is C15H12F2O3. The van der Waals surface area contributed by atoms with Crippen molar-refractivity contribution in [2.24, 2.45) is 0 Å². The van der Waals surface area contributed by atoms with E-state index in [0.717, 1.165) is 12.1 Å². The van der Waals surface area contributed by atoms with Crippen LogP contribution in [0.4, 0.5) is 8.78 Å². The van der Waals surface area contributed by atoms with Crippen LogP contribution in [0.5, 0.6) is 0 Å². The number of halogens is 2. The van der Waals surface area contributed by atoms with Crippen molar-refractivity contribution in [3.05, 3.63) is 58.5 Å². The van der Waals surface area contributed by atoms with E-state index in [9.17, 15) is 18.4 Å². The van der Waals surface area contributed by atoms with Crippen molar-refractivity contribution >= 4 is 11.6 Å². The lowest BCUT2D eigenvalue weighted by Gasteiger charge is -2.01. The number of carbonyl (C=O) groups excluding carboxylic acids is 2. The Morgan fingerprint density at radius 2 is 1.60 bits per heavy atom. The minimum absolute atomic E-state index is 0.159. The van der Waals surface area contributed by atoms with Crippen LogP contribution in [0.15, 0.2) is 28.7 Å². The first-order valence-electron chi connectivity index (χ1n) is 5.96. The number of hydrogen-bond donors (Lipinski definition) is 0. The van der Waals surface area contributed by atoms with Crippen LogP contribution in [0.3, 0.4) is 0 Å². The van der Waals surface area contributed by atoms with Gasteiger partial charge in [-0.05, 0) is 32.0 Å². The molecule has 0 atom stereocenters. The van der Waals surface area contributed by atoms with Gasteiger partial charge in [-0.2, -0.15) is 0 Å². The van der Waals surface area contributed by atoms with Gasteiger partial charge in [-0.1, -0.05) is 0 Å². The van der Waals surface area contributed by atoms with Gasteiger partial charge in [0.2, 0.25) is 0 Å². The lowest BCUT2D eigenvalue weighted by molar-refractivity contribution is 0.0893. The molecule has 5 heteroatoms. The van der Waals surface area contributed by atoms with Gasteiger partial charge in [0.05, 0.1) is 12.0 Å². The Hall–Kier alpha value is -2.30. The molecule has 0 saturated heterocycles. The first-order valence-corrected chi connectivity index (χ1v) is 5.96. The van der Waals surface area contributed by atoms with Crippen LogP contribution < -0.4 is 0 Å². The average molecular weight is 278 g/mol. The zero-order valence-corrected chi connectivity index (χ0v) is 11.0. The molecule has 1 heterocycles. The number of rotatable bonds is 4. The topological polar surface area (TPSA) is 47.3 Å². The summed E-state index contributed by atoms with van der Waals surface area (Å²) in [5.74, 6) is -1.78. The summed E-state index contributed by atoms with van der Waals surface area (Å²) >= 11 is 0. The van der Waals surface area contributed by atoms with E-state index >= 15 is 0 Å². The third-order valence-corrected chi connectivity index (χ3v) is 2.85. The van der Waals surface area contributed by atoms with E-state index in [1.54, 1.807) is 13.8 Å². The van der Waals surface area contributed by atoms with Gasteiger partial charge in [-0.15, -0.1) is 0 Å². The molecular weight excluding hydrogens is 266 g/mol. The van der Waals surface area contributed by atoms with Gasteiger partial charge in [0.25, 0.3) is 0 Å². The number of aryl methyl sites for hydroxylation is 2. The van der Waals surface area contributed by atoms with Crippen LogP contribution in [0.1, 0.15) is 38.7 Å². The number of carbonyl (C=O) groups is 2. The highest BCUT2D eigenvalue weighted by atomic mass is 19.1. The molecule has 0 bridgehead atoms. The summed E-state index contributed by atoms with van der Waals surface area (Å²) in [6.07, 6.45) is -0.456. The first-order chi connectivity index (χ1) is 9.36. The van der Waals surface area contributed by atoms with Crippen LogP contribution in [0.25, 0.3) is 0 Å². The normalized spacial score (nSPS) is 10.6. The largest absolute Gasteiger partial charge is 0.466 e. The SMILES string of the molecule is Cc1cc(C(=O)CC(=O)c2cc(F)cc(F)c2)c(C)o1. The Labute approximate surface area is 114 Å². The van der Waals surface area contributed by atoms with Crippen LogP contribution >= 0.6 is 0 Å². The van der Waals surface area contributed by atoms with Gasteiger partial charge in [-0.3, -0.25) is 9.59 Å². The fraction of sp³-hybridized carbons (Fsp3) is 0.200. The fourth-order valence-electron chi connectivity index (χ4n) is 1.97. The third-order valence-electron chi connectivity index (χ3n) is 2.85. The molecule has 2 aromatic rings. The van der Waals surface area contributed by atoms with E-state index in [0.29, 0.717) is 23.2 Å². The van der Waals surface area contributed by atoms with Crippen LogP contribution in [-0.4, -0.2) is 11.6 Å². The zero-order chi connectivity index (χ0) is 14.9. The molecule has 2 rings (SSSR count). The molecule has 1 aromatic heterocycles. The van der Waals surface area contributed by atoms with Crippen molar-refractivity contribution in [2.45, 2.75) is 20.3 Å². The van der Waals surface area contributed by atoms with Gasteiger partial charge >= 0.3 is 0 Å². The second kappa shape index (κ2) is 5.36. The Kier molecular flexibility index (Phi) is 3.79. The van der Waals surface area contributed by atoms with Gasteiger partial charge in [0.15, 0.2) is 11.6 Å². The second-order valence-corrected chi connectivity index (χ2v) is 4.51. The molecule has 0 N–H and O–H groups in total. The highest BCUT2D eigenvalue weighted by Gasteiger charge is 2.19. The molecule has 0 aliphatic rings. The van der Waals surface area contributed by atoms with E-state index in [1.807, 2.05) is 0 Å². The van der Waals surface area contributed by atoms with E-state index in [4.69, 9.17) is 4.42 Å². The van der Waals surface area contributed by atoms with Crippen molar-refractivity contribution in [1.82, 2.24) is 0 Å². The lowest BCUT2D eigenvalue weighted by atomic mass is 10.0. The molecule has 0 saturated carbocycles. The van der Waals surface area contributed by atoms with E-state index < -0.39 is 29.6 Å². The maximum absolute atomic E-state index is 13.0. The average Bonchev–Trinajstić information content (AvgIpc) is 2.67. The summed E-state index contributed by atoms with van der Waals surface area (Å²) in [5, 5.41) is 0. The molecule has 0 fully saturated rings. The number of benzene rings is 1. The van der Waals surface area contributed by atoms with Gasteiger partial charge in [-0.25, -0.2) is 8.78 Å². The Bertz CT molecular complexity index is 666. The van der Waals surface area contributed by atoms with Crippen molar-refractivity contribution in [3.8, 4) is 0 Å². The molecule has 104 valence electrons. The predicted octanol–water partition coefficient (Wildman–Crippen LogP) is 3.63. The summed E-state index contributed by atoms with van der Waals surface area (Å²) in [6, 6.07) is 4.03. The molecule has 0 radical (unpaired) electrons. The summed E-state index contributed by atoms with van der Waals surface area (Å²) in [4.78, 5) is 23.8. The fourth-order valence-corrected chi connectivity index (χ4v) is 1.97. The monoisotopic (exact) mass is 278 g/mol. The molecule has 0 amide bonds. The Balaban J connectivity index is 2.19. The quantitative estimate of drug-likeness (QED) is 0.633. The van der Waals surface area contributed by atoms with Crippen molar-refractivity contribution < 1.29 is 22.8 Å². The maximum Gasteiger partial charge on any atom is 0.174 e. The molecule has 0 unspecified atom stereocenters. The molecule has 20 heavy (non-hydrogen) atoms. The minimum atomic E-state index is -0.851. The van der Waals surface area contributed by atoms with Crippen molar-refractivity contribution in [3.63, 3.8) is 0 Å². The van der Waals surface area contributed by atoms with Gasteiger partial charge in [0.1, 0.15) is 23.2 Å². The highest BCUT2D eigenvalue weighted by molar-refractivity contribution is 6.13. The van der Waals surface area contributed by atoms with Crippen LogP contribution in [0, 0.1) is 25.5 Å². The van der Waals surface area contributed by atoms with E-state index in [2.05, 4.69) is 0 Å². The lowest BCUT2D eigenvalue weighted by Crippen LogP contribution is -2.09. The summed E-state index contributed by atoms with van der Waals surface area (Å²) < 4.78 is 31.3. The molecule has 0 aliphatic carbocycles. The number of hydrogen-bond acceptors (Lipinski definition) is 3. The highest BCUT2D eigenvalue weighted by Crippen LogP contribution is 2.17. The van der Waals surface area contributed by atoms with E-state index in [-0.39, 0.29) is 5.56 Å². The predicted molar refractivity (Wildman–Crippen MR) is 67.8 cm³/mol. The Morgan fingerprint density at radius 1 is 1.00 bits per heavy atom.